The van der Waals surface area contributed by atoms with E-state index in [1.807, 2.05) is 6.92 Å². The first-order chi connectivity index (χ1) is 7.18. The first kappa shape index (κ1) is 9.98. The maximum absolute atomic E-state index is 13.5. The van der Waals surface area contributed by atoms with Crippen LogP contribution in [0.15, 0.2) is 30.5 Å². The number of aryl methyl sites for hydroxylation is 1. The summed E-state index contributed by atoms with van der Waals surface area (Å²) in [6, 6.07) is 6.58. The van der Waals surface area contributed by atoms with Crippen LogP contribution in [0.1, 0.15) is 5.56 Å². The molecule has 0 fully saturated rings. The monoisotopic (exact) mass is 220 g/mol. The van der Waals surface area contributed by atoms with Crippen LogP contribution in [0, 0.1) is 17.5 Å². The number of hydrogen-bond acceptors (Lipinski definition) is 2. The van der Waals surface area contributed by atoms with Crippen LogP contribution < -0.4 is 0 Å². The second-order valence-electron chi connectivity index (χ2n) is 3.23. The molecule has 0 radical (unpaired) electrons. The molecule has 0 atom stereocenters. The average molecular weight is 220 g/mol. The van der Waals surface area contributed by atoms with Gasteiger partial charge in [0.25, 0.3) is 0 Å². The molecule has 0 spiro atoms. The molecule has 1 heterocycles. The molecule has 15 heavy (non-hydrogen) atoms. The molecule has 0 saturated carbocycles. The number of H-pyrrole nitrogens is 1. The summed E-state index contributed by atoms with van der Waals surface area (Å²) in [6.07, 6.45) is 1.64. The zero-order chi connectivity index (χ0) is 10.8. The fraction of sp³-hybridized carbons (Fsp3) is 0.0909. The molecular weight excluding hydrogens is 211 g/mol. The second-order valence-corrected chi connectivity index (χ2v) is 3.61. The van der Waals surface area contributed by atoms with Gasteiger partial charge in [-0.25, -0.2) is 9.37 Å². The SMILES string of the molecule is Cc1cnc(=S)[nH]c1-c1ccccc1F. The van der Waals surface area contributed by atoms with E-state index in [2.05, 4.69) is 9.97 Å². The molecule has 2 nitrogen and oxygen atoms in total. The summed E-state index contributed by atoms with van der Waals surface area (Å²) in [5.74, 6) is -0.266. The van der Waals surface area contributed by atoms with E-state index in [-0.39, 0.29) is 5.82 Å². The van der Waals surface area contributed by atoms with Gasteiger partial charge in [0.1, 0.15) is 5.82 Å². The van der Waals surface area contributed by atoms with Crippen molar-refractivity contribution in [1.82, 2.24) is 9.97 Å². The highest BCUT2D eigenvalue weighted by Gasteiger charge is 2.06. The van der Waals surface area contributed by atoms with Gasteiger partial charge in [0.2, 0.25) is 0 Å². The lowest BCUT2D eigenvalue weighted by molar-refractivity contribution is 0.630. The molecule has 2 rings (SSSR count). The topological polar surface area (TPSA) is 28.7 Å². The molecule has 1 aromatic heterocycles. The zero-order valence-corrected chi connectivity index (χ0v) is 8.94. The van der Waals surface area contributed by atoms with E-state index in [9.17, 15) is 4.39 Å². The van der Waals surface area contributed by atoms with Gasteiger partial charge in [-0.15, -0.1) is 0 Å². The second kappa shape index (κ2) is 3.90. The summed E-state index contributed by atoms with van der Waals surface area (Å²) >= 11 is 4.91. The van der Waals surface area contributed by atoms with Crippen LogP contribution in [-0.2, 0) is 0 Å². The number of benzene rings is 1. The molecule has 1 N–H and O–H groups in total. The third-order valence-corrected chi connectivity index (χ3v) is 2.35. The van der Waals surface area contributed by atoms with Crippen molar-refractivity contribution in [2.45, 2.75) is 6.92 Å². The zero-order valence-electron chi connectivity index (χ0n) is 8.12. The Morgan fingerprint density at radius 3 is 2.80 bits per heavy atom. The molecule has 0 aliphatic rings. The van der Waals surface area contributed by atoms with Crippen molar-refractivity contribution >= 4 is 12.2 Å². The van der Waals surface area contributed by atoms with Crippen LogP contribution in [0.5, 0.6) is 0 Å². The maximum atomic E-state index is 13.5. The van der Waals surface area contributed by atoms with Crippen LogP contribution in [0.4, 0.5) is 4.39 Å². The first-order valence-corrected chi connectivity index (χ1v) is 4.90. The molecule has 4 heteroatoms. The molecule has 0 aliphatic carbocycles. The van der Waals surface area contributed by atoms with Gasteiger partial charge >= 0.3 is 0 Å². The Bertz CT molecular complexity index is 548. The molecule has 0 bridgehead atoms. The highest BCUT2D eigenvalue weighted by molar-refractivity contribution is 7.71. The Kier molecular flexibility index (Phi) is 2.60. The van der Waals surface area contributed by atoms with Gasteiger partial charge in [-0.05, 0) is 36.8 Å². The van der Waals surface area contributed by atoms with Crippen LogP contribution in [0.3, 0.4) is 0 Å². The van der Waals surface area contributed by atoms with Gasteiger partial charge in [0.05, 0.1) is 5.69 Å². The Balaban J connectivity index is 2.69. The highest BCUT2D eigenvalue weighted by Crippen LogP contribution is 2.22. The fourth-order valence-corrected chi connectivity index (χ4v) is 1.56. The Morgan fingerprint density at radius 1 is 1.33 bits per heavy atom. The van der Waals surface area contributed by atoms with Crippen LogP contribution >= 0.6 is 12.2 Å². The van der Waals surface area contributed by atoms with Crippen molar-refractivity contribution in [3.05, 3.63) is 46.6 Å². The number of nitrogens with zero attached hydrogens (tertiary/aromatic N) is 1. The quantitative estimate of drug-likeness (QED) is 0.747. The standard InChI is InChI=1S/C11H9FN2S/c1-7-6-13-11(15)14-10(7)8-4-2-3-5-9(8)12/h2-6H,1H3,(H,13,14,15). The normalized spacial score (nSPS) is 10.3. The van der Waals surface area contributed by atoms with Gasteiger partial charge < -0.3 is 4.98 Å². The Labute approximate surface area is 91.8 Å². The molecule has 0 amide bonds. The summed E-state index contributed by atoms with van der Waals surface area (Å²) in [6.45, 7) is 1.86. The lowest BCUT2D eigenvalue weighted by Crippen LogP contribution is -1.93. The van der Waals surface area contributed by atoms with Gasteiger partial charge in [-0.3, -0.25) is 0 Å². The van der Waals surface area contributed by atoms with E-state index in [0.717, 1.165) is 5.56 Å². The number of nitrogens with one attached hydrogen (secondary N) is 1. The molecule has 1 aromatic carbocycles. The van der Waals surface area contributed by atoms with Crippen LogP contribution in [0.2, 0.25) is 0 Å². The van der Waals surface area contributed by atoms with Crippen LogP contribution in [-0.4, -0.2) is 9.97 Å². The number of halogens is 1. The summed E-state index contributed by atoms with van der Waals surface area (Å²) in [4.78, 5) is 6.83. The lowest BCUT2D eigenvalue weighted by atomic mass is 10.1. The third kappa shape index (κ3) is 1.94. The van der Waals surface area contributed by atoms with E-state index in [4.69, 9.17) is 12.2 Å². The van der Waals surface area contributed by atoms with E-state index in [1.165, 1.54) is 6.07 Å². The number of rotatable bonds is 1. The molecule has 76 valence electrons. The predicted molar refractivity (Wildman–Crippen MR) is 59.6 cm³/mol. The van der Waals surface area contributed by atoms with Crippen molar-refractivity contribution in [2.75, 3.05) is 0 Å². The molecule has 2 aromatic rings. The van der Waals surface area contributed by atoms with Crippen molar-refractivity contribution in [1.29, 1.82) is 0 Å². The van der Waals surface area contributed by atoms with Crippen molar-refractivity contribution in [3.63, 3.8) is 0 Å². The predicted octanol–water partition coefficient (Wildman–Crippen LogP) is 3.25. The van der Waals surface area contributed by atoms with Gasteiger partial charge in [-0.2, -0.15) is 0 Å². The van der Waals surface area contributed by atoms with Gasteiger partial charge in [0, 0.05) is 11.8 Å². The average Bonchev–Trinajstić information content (AvgIpc) is 2.23. The van der Waals surface area contributed by atoms with Crippen molar-refractivity contribution in [2.24, 2.45) is 0 Å². The van der Waals surface area contributed by atoms with Crippen molar-refractivity contribution in [3.8, 4) is 11.3 Å². The minimum Gasteiger partial charge on any atom is -0.330 e. The number of aromatic amines is 1. The molecule has 0 unspecified atom stereocenters. The van der Waals surface area contributed by atoms with E-state index in [1.54, 1.807) is 24.4 Å². The van der Waals surface area contributed by atoms with Gasteiger partial charge in [-0.1, -0.05) is 12.1 Å². The van der Waals surface area contributed by atoms with Crippen molar-refractivity contribution < 1.29 is 4.39 Å². The summed E-state index contributed by atoms with van der Waals surface area (Å²) in [5, 5.41) is 0. The van der Waals surface area contributed by atoms with E-state index >= 15 is 0 Å². The minimum atomic E-state index is -0.266. The third-order valence-electron chi connectivity index (χ3n) is 2.14. The van der Waals surface area contributed by atoms with Crippen LogP contribution in [0.25, 0.3) is 11.3 Å². The first-order valence-electron chi connectivity index (χ1n) is 4.49. The number of hydrogen-bond donors (Lipinski definition) is 1. The highest BCUT2D eigenvalue weighted by atomic mass is 32.1. The maximum Gasteiger partial charge on any atom is 0.197 e. The lowest BCUT2D eigenvalue weighted by Gasteiger charge is -2.06. The van der Waals surface area contributed by atoms with E-state index < -0.39 is 0 Å². The Hall–Kier alpha value is -1.55. The van der Waals surface area contributed by atoms with Gasteiger partial charge in [0.15, 0.2) is 4.77 Å². The number of aromatic nitrogens is 2. The molecule has 0 aliphatic heterocycles. The largest absolute Gasteiger partial charge is 0.330 e. The minimum absolute atomic E-state index is 0.266. The fourth-order valence-electron chi connectivity index (χ4n) is 1.40. The van der Waals surface area contributed by atoms with E-state index in [0.29, 0.717) is 16.0 Å². The summed E-state index contributed by atoms with van der Waals surface area (Å²) < 4.78 is 13.9. The molecule has 0 saturated heterocycles. The molecular formula is C11H9FN2S. The summed E-state index contributed by atoms with van der Waals surface area (Å²) in [7, 11) is 0. The smallest absolute Gasteiger partial charge is 0.197 e. The summed E-state index contributed by atoms with van der Waals surface area (Å²) in [5.41, 5.74) is 2.07. The Morgan fingerprint density at radius 2 is 2.07 bits per heavy atom.